The van der Waals surface area contributed by atoms with E-state index in [-0.39, 0.29) is 5.91 Å². The van der Waals surface area contributed by atoms with Gasteiger partial charge in [-0.2, -0.15) is 0 Å². The van der Waals surface area contributed by atoms with E-state index < -0.39 is 0 Å². The smallest absolute Gasteiger partial charge is 0.251 e. The first-order chi connectivity index (χ1) is 8.63. The standard InChI is InChI=1S/C13H18ClNO3/c1-4-6-18-12-10(14)7-9(13(16)15-3)8-11(12)17-5-2/h7-8H,4-6H2,1-3H3,(H,15,16). The van der Waals surface area contributed by atoms with Crippen LogP contribution in [0.4, 0.5) is 0 Å². The van der Waals surface area contributed by atoms with E-state index in [4.69, 9.17) is 21.1 Å². The molecule has 1 rings (SSSR count). The van der Waals surface area contributed by atoms with Crippen molar-refractivity contribution in [2.45, 2.75) is 20.3 Å². The van der Waals surface area contributed by atoms with Crippen LogP contribution in [0.1, 0.15) is 30.6 Å². The van der Waals surface area contributed by atoms with Gasteiger partial charge in [0.25, 0.3) is 5.91 Å². The third-order valence-electron chi connectivity index (χ3n) is 2.25. The van der Waals surface area contributed by atoms with Crippen LogP contribution < -0.4 is 14.8 Å². The first-order valence-corrected chi connectivity index (χ1v) is 6.33. The molecule has 0 bridgehead atoms. The van der Waals surface area contributed by atoms with Crippen LogP contribution in [0.25, 0.3) is 0 Å². The van der Waals surface area contributed by atoms with Crippen molar-refractivity contribution < 1.29 is 14.3 Å². The zero-order valence-electron chi connectivity index (χ0n) is 10.9. The third kappa shape index (κ3) is 3.53. The quantitative estimate of drug-likeness (QED) is 0.865. The molecule has 0 atom stereocenters. The van der Waals surface area contributed by atoms with E-state index in [0.29, 0.717) is 35.3 Å². The minimum Gasteiger partial charge on any atom is -0.490 e. The fraction of sp³-hybridized carbons (Fsp3) is 0.462. The van der Waals surface area contributed by atoms with Gasteiger partial charge in [-0.05, 0) is 25.5 Å². The molecule has 0 heterocycles. The predicted molar refractivity (Wildman–Crippen MR) is 71.8 cm³/mol. The van der Waals surface area contributed by atoms with Gasteiger partial charge in [0.05, 0.1) is 18.2 Å². The summed E-state index contributed by atoms with van der Waals surface area (Å²) in [5.74, 6) is 0.782. The van der Waals surface area contributed by atoms with Gasteiger partial charge in [-0.15, -0.1) is 0 Å². The van der Waals surface area contributed by atoms with E-state index >= 15 is 0 Å². The Morgan fingerprint density at radius 2 is 2.06 bits per heavy atom. The minimum atomic E-state index is -0.208. The maximum absolute atomic E-state index is 11.6. The Hall–Kier alpha value is -1.42. The van der Waals surface area contributed by atoms with Crippen molar-refractivity contribution in [3.63, 3.8) is 0 Å². The van der Waals surface area contributed by atoms with Crippen LogP contribution in [0.15, 0.2) is 12.1 Å². The Kier molecular flexibility index (Phi) is 5.78. The number of amides is 1. The SMILES string of the molecule is CCCOc1c(Cl)cc(C(=O)NC)cc1OCC. The topological polar surface area (TPSA) is 47.6 Å². The van der Waals surface area contributed by atoms with Crippen LogP contribution in [0, 0.1) is 0 Å². The molecule has 0 unspecified atom stereocenters. The fourth-order valence-electron chi connectivity index (χ4n) is 1.45. The largest absolute Gasteiger partial charge is 0.490 e. The highest BCUT2D eigenvalue weighted by Gasteiger charge is 2.15. The Morgan fingerprint density at radius 1 is 1.33 bits per heavy atom. The molecule has 0 saturated carbocycles. The molecule has 18 heavy (non-hydrogen) atoms. The van der Waals surface area contributed by atoms with Crippen molar-refractivity contribution in [1.29, 1.82) is 0 Å². The van der Waals surface area contributed by atoms with Gasteiger partial charge in [-0.25, -0.2) is 0 Å². The van der Waals surface area contributed by atoms with E-state index in [1.54, 1.807) is 19.2 Å². The molecule has 1 amide bonds. The van der Waals surface area contributed by atoms with E-state index in [1.165, 1.54) is 0 Å². The maximum Gasteiger partial charge on any atom is 0.251 e. The van der Waals surface area contributed by atoms with Crippen LogP contribution in [-0.2, 0) is 0 Å². The summed E-state index contributed by atoms with van der Waals surface area (Å²) in [7, 11) is 1.57. The predicted octanol–water partition coefficient (Wildman–Crippen LogP) is 2.89. The van der Waals surface area contributed by atoms with Crippen LogP contribution in [-0.4, -0.2) is 26.2 Å². The molecular weight excluding hydrogens is 254 g/mol. The van der Waals surface area contributed by atoms with Crippen LogP contribution >= 0.6 is 11.6 Å². The summed E-state index contributed by atoms with van der Waals surface area (Å²) in [6.45, 7) is 4.91. The average Bonchev–Trinajstić information content (AvgIpc) is 2.37. The van der Waals surface area contributed by atoms with Gasteiger partial charge in [0, 0.05) is 12.6 Å². The summed E-state index contributed by atoms with van der Waals surface area (Å²) < 4.78 is 11.0. The second-order valence-electron chi connectivity index (χ2n) is 3.65. The van der Waals surface area contributed by atoms with Gasteiger partial charge < -0.3 is 14.8 Å². The van der Waals surface area contributed by atoms with Crippen molar-refractivity contribution in [1.82, 2.24) is 5.32 Å². The Balaban J connectivity index is 3.13. The van der Waals surface area contributed by atoms with E-state index in [2.05, 4.69) is 5.32 Å². The number of rotatable bonds is 6. The summed E-state index contributed by atoms with van der Waals surface area (Å²) in [6.07, 6.45) is 0.874. The second kappa shape index (κ2) is 7.11. The lowest BCUT2D eigenvalue weighted by atomic mass is 10.2. The molecule has 0 spiro atoms. The summed E-state index contributed by atoms with van der Waals surface area (Å²) in [4.78, 5) is 11.6. The number of benzene rings is 1. The minimum absolute atomic E-state index is 0.208. The monoisotopic (exact) mass is 271 g/mol. The van der Waals surface area contributed by atoms with Crippen molar-refractivity contribution in [3.8, 4) is 11.5 Å². The van der Waals surface area contributed by atoms with Gasteiger partial charge in [-0.3, -0.25) is 4.79 Å². The highest BCUT2D eigenvalue weighted by molar-refractivity contribution is 6.32. The van der Waals surface area contributed by atoms with Gasteiger partial charge >= 0.3 is 0 Å². The van der Waals surface area contributed by atoms with Crippen molar-refractivity contribution >= 4 is 17.5 Å². The summed E-state index contributed by atoms with van der Waals surface area (Å²) >= 11 is 6.12. The fourth-order valence-corrected chi connectivity index (χ4v) is 1.72. The van der Waals surface area contributed by atoms with Gasteiger partial charge in [-0.1, -0.05) is 18.5 Å². The average molecular weight is 272 g/mol. The maximum atomic E-state index is 11.6. The summed E-state index contributed by atoms with van der Waals surface area (Å²) in [5, 5.41) is 2.93. The number of carbonyl (C=O) groups is 1. The highest BCUT2D eigenvalue weighted by Crippen LogP contribution is 2.36. The number of carbonyl (C=O) groups excluding carboxylic acids is 1. The number of halogens is 1. The summed E-state index contributed by atoms with van der Waals surface area (Å²) in [5.41, 5.74) is 0.454. The van der Waals surface area contributed by atoms with E-state index in [1.807, 2.05) is 13.8 Å². The number of ether oxygens (including phenoxy) is 2. The van der Waals surface area contributed by atoms with Crippen molar-refractivity contribution in [3.05, 3.63) is 22.7 Å². The van der Waals surface area contributed by atoms with Crippen LogP contribution in [0.3, 0.4) is 0 Å². The molecule has 0 aliphatic heterocycles. The lowest BCUT2D eigenvalue weighted by molar-refractivity contribution is 0.0962. The van der Waals surface area contributed by atoms with Crippen LogP contribution in [0.2, 0.25) is 5.02 Å². The molecule has 0 saturated heterocycles. The number of hydrogen-bond acceptors (Lipinski definition) is 3. The molecule has 1 aromatic rings. The van der Waals surface area contributed by atoms with Crippen molar-refractivity contribution in [2.75, 3.05) is 20.3 Å². The lowest BCUT2D eigenvalue weighted by Gasteiger charge is -2.14. The summed E-state index contributed by atoms with van der Waals surface area (Å²) in [6, 6.07) is 3.22. The molecule has 5 heteroatoms. The van der Waals surface area contributed by atoms with Crippen molar-refractivity contribution in [2.24, 2.45) is 0 Å². The lowest BCUT2D eigenvalue weighted by Crippen LogP contribution is -2.18. The first kappa shape index (κ1) is 14.6. The molecular formula is C13H18ClNO3. The molecule has 0 aromatic heterocycles. The second-order valence-corrected chi connectivity index (χ2v) is 4.05. The van der Waals surface area contributed by atoms with Gasteiger partial charge in [0.15, 0.2) is 11.5 Å². The molecule has 1 aromatic carbocycles. The molecule has 100 valence electrons. The molecule has 4 nitrogen and oxygen atoms in total. The zero-order chi connectivity index (χ0) is 13.5. The van der Waals surface area contributed by atoms with Crippen LogP contribution in [0.5, 0.6) is 11.5 Å². The molecule has 0 fully saturated rings. The number of nitrogens with one attached hydrogen (secondary N) is 1. The molecule has 0 aliphatic carbocycles. The Labute approximate surface area is 112 Å². The Morgan fingerprint density at radius 3 is 2.61 bits per heavy atom. The zero-order valence-corrected chi connectivity index (χ0v) is 11.6. The van der Waals surface area contributed by atoms with Gasteiger partial charge in [0.1, 0.15) is 0 Å². The van der Waals surface area contributed by atoms with E-state index in [9.17, 15) is 4.79 Å². The molecule has 0 aliphatic rings. The third-order valence-corrected chi connectivity index (χ3v) is 2.53. The molecule has 1 N–H and O–H groups in total. The normalized spacial score (nSPS) is 10.0. The number of hydrogen-bond donors (Lipinski definition) is 1. The van der Waals surface area contributed by atoms with Gasteiger partial charge in [0.2, 0.25) is 0 Å². The Bertz CT molecular complexity index is 421. The highest BCUT2D eigenvalue weighted by atomic mass is 35.5. The first-order valence-electron chi connectivity index (χ1n) is 5.95. The van der Waals surface area contributed by atoms with E-state index in [0.717, 1.165) is 6.42 Å². The molecule has 0 radical (unpaired) electrons.